The van der Waals surface area contributed by atoms with Crippen LogP contribution in [0.1, 0.15) is 132 Å². The molecule has 8 aliphatic rings. The van der Waals surface area contributed by atoms with Crippen LogP contribution in [-0.4, -0.2) is 73.8 Å². The fourth-order valence-corrected chi connectivity index (χ4v) is 11.9. The monoisotopic (exact) mass is 876 g/mol. The van der Waals surface area contributed by atoms with E-state index in [1.54, 1.807) is 0 Å². The van der Waals surface area contributed by atoms with Crippen molar-refractivity contribution in [1.82, 2.24) is 19.6 Å². The second kappa shape index (κ2) is 20.1. The number of carbonyl (C=O) groups is 3. The number of barbiturate groups is 1. The Morgan fingerprint density at radius 2 is 1.09 bits per heavy atom. The molecule has 1 saturated carbocycles. The summed E-state index contributed by atoms with van der Waals surface area (Å²) in [6.07, 6.45) is 48.3. The molecule has 4 fully saturated rings. The highest BCUT2D eigenvalue weighted by atomic mass is 16.2. The SMILES string of the molecule is CCCCCCCCC(C)N1\C(=C/C=C2CCC(=C/C=C3/C4=CC=CC5=CC=CC(C54)N3C(C)CCC)C\2=C2/C(=O)N(C(C)C)C(=O)N(C(N)CCC)C2=O)C2=CC=CC3=CC=CC1C32. The Morgan fingerprint density at radius 1 is 0.585 bits per heavy atom. The number of nitrogens with two attached hydrogens (primary N) is 1. The van der Waals surface area contributed by atoms with E-state index in [9.17, 15) is 14.4 Å². The number of allylic oxidation sites excluding steroid dienone is 19. The van der Waals surface area contributed by atoms with Gasteiger partial charge >= 0.3 is 6.03 Å². The van der Waals surface area contributed by atoms with Crippen LogP contribution >= 0.6 is 0 Å². The summed E-state index contributed by atoms with van der Waals surface area (Å²) in [6.45, 7) is 14.9. The minimum absolute atomic E-state index is 0.0438. The summed E-state index contributed by atoms with van der Waals surface area (Å²) >= 11 is 0. The van der Waals surface area contributed by atoms with Crippen molar-refractivity contribution in [1.29, 1.82) is 0 Å². The second-order valence-electron chi connectivity index (χ2n) is 19.7. The molecule has 0 aromatic rings. The molecule has 3 heterocycles. The van der Waals surface area contributed by atoms with Gasteiger partial charge in [-0.1, -0.05) is 157 Å². The van der Waals surface area contributed by atoms with Gasteiger partial charge in [-0.25, -0.2) is 9.69 Å². The van der Waals surface area contributed by atoms with Gasteiger partial charge in [0.1, 0.15) is 5.57 Å². The Labute approximate surface area is 389 Å². The second-order valence-corrected chi connectivity index (χ2v) is 19.7. The summed E-state index contributed by atoms with van der Waals surface area (Å²) in [4.78, 5) is 51.5. The number of urea groups is 1. The molecule has 3 saturated heterocycles. The molecule has 7 unspecified atom stereocenters. The third-order valence-electron chi connectivity index (χ3n) is 15.0. The summed E-state index contributed by atoms with van der Waals surface area (Å²) in [5.41, 5.74) is 16.9. The fraction of sp³-hybridized carbons (Fsp3) is 0.491. The van der Waals surface area contributed by atoms with Gasteiger partial charge in [-0.3, -0.25) is 14.5 Å². The molecule has 344 valence electrons. The molecular formula is C57H73N5O3. The predicted molar refractivity (Wildman–Crippen MR) is 265 cm³/mol. The van der Waals surface area contributed by atoms with E-state index in [1.165, 1.54) is 77.1 Å². The number of amides is 4. The smallest absolute Gasteiger partial charge is 0.335 e. The number of nitrogens with zero attached hydrogens (tertiary/aromatic N) is 4. The maximum absolute atomic E-state index is 15.0. The fourth-order valence-electron chi connectivity index (χ4n) is 11.9. The first-order valence-electron chi connectivity index (χ1n) is 25.2. The number of likely N-dealkylation sites (tertiary alicyclic amines) is 2. The van der Waals surface area contributed by atoms with Gasteiger partial charge in [0.2, 0.25) is 0 Å². The first kappa shape index (κ1) is 46.3. The van der Waals surface area contributed by atoms with Gasteiger partial charge in [-0.15, -0.1) is 0 Å². The minimum atomic E-state index is -0.849. The molecular weight excluding hydrogens is 803 g/mol. The van der Waals surface area contributed by atoms with E-state index < -0.39 is 30.1 Å². The van der Waals surface area contributed by atoms with Crippen molar-refractivity contribution >= 4 is 17.8 Å². The first-order valence-corrected chi connectivity index (χ1v) is 25.2. The van der Waals surface area contributed by atoms with Crippen molar-refractivity contribution in [2.45, 2.75) is 168 Å². The highest BCUT2D eigenvalue weighted by Gasteiger charge is 2.49. The summed E-state index contributed by atoms with van der Waals surface area (Å²) in [5, 5.41) is 0. The van der Waals surface area contributed by atoms with Gasteiger partial charge in [0.15, 0.2) is 0 Å². The summed E-state index contributed by atoms with van der Waals surface area (Å²) < 4.78 is 0. The number of unbranched alkanes of at least 4 members (excludes halogenated alkanes) is 5. The van der Waals surface area contributed by atoms with E-state index in [4.69, 9.17) is 5.73 Å². The average Bonchev–Trinajstić information content (AvgIpc) is 3.94. The normalized spacial score (nSPS) is 29.5. The molecule has 2 N–H and O–H groups in total. The maximum Gasteiger partial charge on any atom is 0.335 e. The molecule has 0 bridgehead atoms. The zero-order valence-corrected chi connectivity index (χ0v) is 40.1. The van der Waals surface area contributed by atoms with Crippen LogP contribution in [0.5, 0.6) is 0 Å². The van der Waals surface area contributed by atoms with Crippen LogP contribution in [0.15, 0.2) is 153 Å². The van der Waals surface area contributed by atoms with Crippen molar-refractivity contribution in [3.05, 3.63) is 153 Å². The van der Waals surface area contributed by atoms with Gasteiger partial charge in [-0.2, -0.15) is 0 Å². The van der Waals surface area contributed by atoms with Crippen molar-refractivity contribution < 1.29 is 14.4 Å². The van der Waals surface area contributed by atoms with Crippen LogP contribution in [0, 0.1) is 11.8 Å². The molecule has 0 spiro atoms. The van der Waals surface area contributed by atoms with Crippen LogP contribution < -0.4 is 5.73 Å². The lowest BCUT2D eigenvalue weighted by Gasteiger charge is -2.39. The van der Waals surface area contributed by atoms with Crippen molar-refractivity contribution in [2.24, 2.45) is 17.6 Å². The standard InChI is InChI=1S/C57H73N5O3/c1-8-11-12-13-14-15-22-39(7)61-47(45-28-17-24-41-26-19-30-49(61)53(41)45)36-34-43-32-31-42(51(43)54-55(63)59(37(4)5)57(65)62(56(54)64)50(58)21-10-3)33-35-46-44-27-16-23-40-25-18-29-48(52(40)44)60(46)38(6)20-9-2/h16-19,23-30,33-39,48-50,52-53H,8-15,20-22,31-32,58H2,1-7H3/b42-33?,43-34+,46-35-,47-36-,54-51-. The molecule has 4 amide bonds. The Bertz CT molecular complexity index is 2330. The lowest BCUT2D eigenvalue weighted by atomic mass is 9.81. The van der Waals surface area contributed by atoms with Gasteiger partial charge < -0.3 is 15.5 Å². The number of imide groups is 2. The van der Waals surface area contributed by atoms with Crippen LogP contribution in [0.2, 0.25) is 0 Å². The summed E-state index contributed by atoms with van der Waals surface area (Å²) in [5.74, 6) is -0.629. The number of carbonyl (C=O) groups excluding carboxylic acids is 3. The van der Waals surface area contributed by atoms with Crippen LogP contribution in [0.4, 0.5) is 4.79 Å². The van der Waals surface area contributed by atoms with Gasteiger partial charge in [0.25, 0.3) is 11.8 Å². The Kier molecular flexibility index (Phi) is 14.3. The van der Waals surface area contributed by atoms with Gasteiger partial charge in [-0.05, 0) is 111 Å². The molecule has 5 aliphatic carbocycles. The number of hydrogen-bond donors (Lipinski definition) is 1. The quantitative estimate of drug-likeness (QED) is 0.0889. The highest BCUT2D eigenvalue weighted by molar-refractivity contribution is 6.30. The van der Waals surface area contributed by atoms with Crippen molar-refractivity contribution in [3.8, 4) is 0 Å². The Morgan fingerprint density at radius 3 is 1.62 bits per heavy atom. The zero-order chi connectivity index (χ0) is 45.9. The number of hydrogen-bond acceptors (Lipinski definition) is 6. The van der Waals surface area contributed by atoms with E-state index in [1.807, 2.05) is 20.8 Å². The zero-order valence-electron chi connectivity index (χ0n) is 40.1. The molecule has 3 aliphatic heterocycles. The predicted octanol–water partition coefficient (Wildman–Crippen LogP) is 11.9. The Hall–Kier alpha value is -5.21. The van der Waals surface area contributed by atoms with Gasteiger partial charge in [0, 0.05) is 41.4 Å². The summed E-state index contributed by atoms with van der Waals surface area (Å²) in [6, 6.07) is -0.0418. The van der Waals surface area contributed by atoms with E-state index >= 15 is 0 Å². The Balaban J connectivity index is 1.27. The van der Waals surface area contributed by atoms with Crippen LogP contribution in [0.3, 0.4) is 0 Å². The average molecular weight is 876 g/mol. The molecule has 8 nitrogen and oxygen atoms in total. The van der Waals surface area contributed by atoms with E-state index in [2.05, 4.69) is 135 Å². The van der Waals surface area contributed by atoms with Crippen LogP contribution in [0.25, 0.3) is 0 Å². The first-order chi connectivity index (χ1) is 31.5. The van der Waals surface area contributed by atoms with Crippen LogP contribution in [-0.2, 0) is 9.59 Å². The third kappa shape index (κ3) is 8.68. The third-order valence-corrected chi connectivity index (χ3v) is 15.0. The molecule has 0 aromatic carbocycles. The highest BCUT2D eigenvalue weighted by Crippen LogP contribution is 2.50. The molecule has 0 radical (unpaired) electrons. The topological polar surface area (TPSA) is 90.2 Å². The van der Waals surface area contributed by atoms with Crippen molar-refractivity contribution in [3.63, 3.8) is 0 Å². The molecule has 0 aromatic heterocycles. The van der Waals surface area contributed by atoms with Gasteiger partial charge in [0.05, 0.1) is 18.2 Å². The van der Waals surface area contributed by atoms with E-state index in [-0.39, 0.29) is 29.5 Å². The molecule has 7 atom stereocenters. The van der Waals surface area contributed by atoms with E-state index in [0.29, 0.717) is 43.3 Å². The minimum Gasteiger partial charge on any atom is -0.361 e. The molecule has 8 rings (SSSR count). The lowest BCUT2D eigenvalue weighted by molar-refractivity contribution is -0.138. The lowest BCUT2D eigenvalue weighted by Crippen LogP contribution is -2.63. The van der Waals surface area contributed by atoms with Crippen molar-refractivity contribution in [2.75, 3.05) is 0 Å². The largest absolute Gasteiger partial charge is 0.361 e. The summed E-state index contributed by atoms with van der Waals surface area (Å²) in [7, 11) is 0. The van der Waals surface area contributed by atoms with E-state index in [0.717, 1.165) is 35.3 Å². The number of rotatable bonds is 17. The molecule has 8 heteroatoms. The maximum atomic E-state index is 15.0. The molecule has 65 heavy (non-hydrogen) atoms.